The molecule has 0 radical (unpaired) electrons. The minimum Gasteiger partial charge on any atom is -0.309 e. The summed E-state index contributed by atoms with van der Waals surface area (Å²) in [6.07, 6.45) is 2.74. The average molecular weight is 329 g/mol. The first-order valence-electron chi connectivity index (χ1n) is 6.81. The zero-order valence-electron chi connectivity index (χ0n) is 11.6. The second-order valence-electron chi connectivity index (χ2n) is 4.96. The maximum atomic E-state index is 13.6. The Bertz CT molecular complexity index is 942. The molecule has 0 fully saturated rings. The van der Waals surface area contributed by atoms with Crippen molar-refractivity contribution in [2.75, 3.05) is 4.81 Å². The Balaban J connectivity index is 1.98. The van der Waals surface area contributed by atoms with Gasteiger partial charge in [-0.05, 0) is 11.5 Å². The quantitative estimate of drug-likeness (QED) is 0.665. The maximum absolute atomic E-state index is 13.6. The fourth-order valence-electron chi connectivity index (χ4n) is 2.76. The number of aliphatic imine (C=N–C) groups is 1. The molecular formula is C15H8BClF2N4. The topological polar surface area (TPSA) is 41.4 Å². The Morgan fingerprint density at radius 1 is 1.09 bits per heavy atom. The first kappa shape index (κ1) is 14.1. The minimum atomic E-state index is -2.72. The van der Waals surface area contributed by atoms with Gasteiger partial charge in [0.15, 0.2) is 5.82 Å². The van der Waals surface area contributed by atoms with Crippen LogP contribution >= 0.6 is 11.6 Å². The van der Waals surface area contributed by atoms with Crippen LogP contribution in [0.4, 0.5) is 20.1 Å². The van der Waals surface area contributed by atoms with Crippen LogP contribution in [0.5, 0.6) is 0 Å². The summed E-state index contributed by atoms with van der Waals surface area (Å²) >= 11 is 5.79. The van der Waals surface area contributed by atoms with Crippen molar-refractivity contribution < 1.29 is 8.63 Å². The number of rotatable bonds is 2. The van der Waals surface area contributed by atoms with Crippen molar-refractivity contribution in [3.05, 3.63) is 59.5 Å². The van der Waals surface area contributed by atoms with Crippen LogP contribution in [0.15, 0.2) is 53.8 Å². The lowest BCUT2D eigenvalue weighted by atomic mass is 10.1. The molecule has 0 aliphatic carbocycles. The summed E-state index contributed by atoms with van der Waals surface area (Å²) in [7, 11) is -2.72. The molecule has 0 saturated heterocycles. The van der Waals surface area contributed by atoms with Crippen LogP contribution in [-0.4, -0.2) is 23.2 Å². The van der Waals surface area contributed by atoms with Gasteiger partial charge in [-0.25, -0.2) is 9.98 Å². The van der Waals surface area contributed by atoms with Crippen LogP contribution < -0.4 is 4.81 Å². The van der Waals surface area contributed by atoms with Gasteiger partial charge in [0.1, 0.15) is 11.0 Å². The van der Waals surface area contributed by atoms with E-state index in [-0.39, 0.29) is 16.8 Å². The standard InChI is InChI=1S/C15H8BClF2N4/c17-12-7-20-8-13(21-12)22-15-10-5-1-3-9-4-2-6-11(14(9)10)23(15)16(18)19/h1-8H/b22-15-. The van der Waals surface area contributed by atoms with E-state index in [1.807, 2.05) is 18.2 Å². The van der Waals surface area contributed by atoms with Crippen molar-refractivity contribution in [3.63, 3.8) is 0 Å². The fourth-order valence-corrected chi connectivity index (χ4v) is 2.90. The molecule has 0 spiro atoms. The molecule has 4 nitrogen and oxygen atoms in total. The van der Waals surface area contributed by atoms with Crippen molar-refractivity contribution in [1.29, 1.82) is 0 Å². The number of amidine groups is 1. The van der Waals surface area contributed by atoms with Crippen molar-refractivity contribution in [3.8, 4) is 0 Å². The highest BCUT2D eigenvalue weighted by atomic mass is 35.5. The third-order valence-electron chi connectivity index (χ3n) is 3.62. The van der Waals surface area contributed by atoms with Gasteiger partial charge >= 0.3 is 7.40 Å². The van der Waals surface area contributed by atoms with E-state index in [9.17, 15) is 8.63 Å². The fraction of sp³-hybridized carbons (Fsp3) is 0. The first-order chi connectivity index (χ1) is 11.1. The zero-order chi connectivity index (χ0) is 16.0. The highest BCUT2D eigenvalue weighted by Crippen LogP contribution is 2.39. The Morgan fingerprint density at radius 2 is 1.87 bits per heavy atom. The molecule has 1 aliphatic heterocycles. The predicted octanol–water partition coefficient (Wildman–Crippen LogP) is 4.11. The monoisotopic (exact) mass is 328 g/mol. The van der Waals surface area contributed by atoms with Gasteiger partial charge in [0.2, 0.25) is 0 Å². The number of nitrogens with zero attached hydrogens (tertiary/aromatic N) is 4. The molecule has 8 heteroatoms. The Hall–Kier alpha value is -2.54. The van der Waals surface area contributed by atoms with Crippen molar-refractivity contribution >= 4 is 47.1 Å². The molecule has 112 valence electrons. The predicted molar refractivity (Wildman–Crippen MR) is 87.6 cm³/mol. The number of hydrogen-bond donors (Lipinski definition) is 0. The third-order valence-corrected chi connectivity index (χ3v) is 3.80. The number of hydrogen-bond acceptors (Lipinski definition) is 3. The van der Waals surface area contributed by atoms with Crippen molar-refractivity contribution in [2.45, 2.75) is 0 Å². The summed E-state index contributed by atoms with van der Waals surface area (Å²) in [6, 6.07) is 10.8. The molecular weight excluding hydrogens is 320 g/mol. The first-order valence-corrected chi connectivity index (χ1v) is 7.19. The highest BCUT2D eigenvalue weighted by Gasteiger charge is 2.38. The van der Waals surface area contributed by atoms with Crippen molar-refractivity contribution in [2.24, 2.45) is 4.99 Å². The number of benzene rings is 2. The summed E-state index contributed by atoms with van der Waals surface area (Å²) in [5.74, 6) is 0.325. The molecule has 2 heterocycles. The molecule has 0 bridgehead atoms. The van der Waals surface area contributed by atoms with Crippen LogP contribution in [-0.2, 0) is 0 Å². The molecule has 3 aromatic rings. The van der Waals surface area contributed by atoms with Gasteiger partial charge in [0.25, 0.3) is 0 Å². The SMILES string of the molecule is FB(F)N1/C(=N\c2cncc(Cl)n2)c2cccc3cccc1c23. The van der Waals surface area contributed by atoms with Gasteiger partial charge in [-0.3, -0.25) is 13.6 Å². The number of halogens is 3. The molecule has 1 aromatic heterocycles. The van der Waals surface area contributed by atoms with E-state index in [0.29, 0.717) is 11.3 Å². The van der Waals surface area contributed by atoms with E-state index in [0.717, 1.165) is 15.6 Å². The van der Waals surface area contributed by atoms with Crippen LogP contribution in [0.3, 0.4) is 0 Å². The van der Waals surface area contributed by atoms with Crippen LogP contribution in [0, 0.1) is 0 Å². The lowest BCUT2D eigenvalue weighted by molar-refractivity contribution is 0.660. The Kier molecular flexibility index (Phi) is 3.23. The van der Waals surface area contributed by atoms with E-state index >= 15 is 0 Å². The van der Waals surface area contributed by atoms with Crippen LogP contribution in [0.25, 0.3) is 10.8 Å². The maximum Gasteiger partial charge on any atom is 0.679 e. The summed E-state index contributed by atoms with van der Waals surface area (Å²) in [5, 5.41) is 1.79. The van der Waals surface area contributed by atoms with Gasteiger partial charge in [0, 0.05) is 16.6 Å². The van der Waals surface area contributed by atoms with E-state index < -0.39 is 7.40 Å². The number of aromatic nitrogens is 2. The van der Waals surface area contributed by atoms with Gasteiger partial charge in [-0.2, -0.15) is 0 Å². The van der Waals surface area contributed by atoms with Gasteiger partial charge in [-0.1, -0.05) is 41.9 Å². The lowest BCUT2D eigenvalue weighted by Crippen LogP contribution is -2.36. The van der Waals surface area contributed by atoms with Gasteiger partial charge in [-0.15, -0.1) is 0 Å². The summed E-state index contributed by atoms with van der Waals surface area (Å²) in [5.41, 5.74) is 1.07. The second-order valence-corrected chi connectivity index (χ2v) is 5.35. The van der Waals surface area contributed by atoms with E-state index in [1.54, 1.807) is 18.2 Å². The van der Waals surface area contributed by atoms with Crippen LogP contribution in [0.1, 0.15) is 5.56 Å². The van der Waals surface area contributed by atoms with Crippen molar-refractivity contribution in [1.82, 2.24) is 9.97 Å². The molecule has 4 rings (SSSR count). The minimum absolute atomic E-state index is 0.142. The van der Waals surface area contributed by atoms with Gasteiger partial charge < -0.3 is 4.81 Å². The summed E-state index contributed by atoms with van der Waals surface area (Å²) in [4.78, 5) is 13.1. The molecule has 0 N–H and O–H groups in total. The zero-order valence-corrected chi connectivity index (χ0v) is 12.4. The van der Waals surface area contributed by atoms with Crippen LogP contribution in [0.2, 0.25) is 5.15 Å². The molecule has 2 aromatic carbocycles. The smallest absolute Gasteiger partial charge is 0.309 e. The molecule has 0 unspecified atom stereocenters. The molecule has 23 heavy (non-hydrogen) atoms. The molecule has 1 aliphatic rings. The molecule has 0 atom stereocenters. The summed E-state index contributed by atoms with van der Waals surface area (Å²) in [6.45, 7) is 0. The Labute approximate surface area is 135 Å². The number of anilines is 1. The molecule has 0 amide bonds. The normalized spacial score (nSPS) is 14.7. The lowest BCUT2D eigenvalue weighted by Gasteiger charge is -2.17. The molecule has 0 saturated carbocycles. The Morgan fingerprint density at radius 3 is 2.61 bits per heavy atom. The second kappa shape index (κ2) is 5.28. The van der Waals surface area contributed by atoms with E-state index in [2.05, 4.69) is 15.0 Å². The largest absolute Gasteiger partial charge is 0.679 e. The van der Waals surface area contributed by atoms with E-state index in [4.69, 9.17) is 11.6 Å². The summed E-state index contributed by atoms with van der Waals surface area (Å²) < 4.78 is 27.3. The third kappa shape index (κ3) is 2.24. The average Bonchev–Trinajstić information content (AvgIpc) is 2.84. The highest BCUT2D eigenvalue weighted by molar-refractivity contribution is 6.59. The van der Waals surface area contributed by atoms with E-state index in [1.165, 1.54) is 12.4 Å². The van der Waals surface area contributed by atoms with Gasteiger partial charge in [0.05, 0.1) is 12.4 Å².